The Kier molecular flexibility index (Phi) is 4.46. The van der Waals surface area contributed by atoms with Crippen molar-refractivity contribution < 1.29 is 14.3 Å². The van der Waals surface area contributed by atoms with Crippen molar-refractivity contribution in [2.24, 2.45) is 0 Å². The number of pyridine rings is 1. The van der Waals surface area contributed by atoms with E-state index < -0.39 is 0 Å². The highest BCUT2D eigenvalue weighted by molar-refractivity contribution is 5.98. The number of hydrogen-bond acceptors (Lipinski definition) is 4. The molecule has 0 spiro atoms. The standard InChI is InChI=1S/C18H19N3O3/c1-3-17(22)21-15-10-14-13(8-16(15)24-2)12(9-18(23)20-14)11-4-6-19-7-5-11/h4-8,10,12H,3,9H2,1-2H3,(H,20,23)(H,21,22). The summed E-state index contributed by atoms with van der Waals surface area (Å²) < 4.78 is 5.43. The smallest absolute Gasteiger partial charge is 0.225 e. The highest BCUT2D eigenvalue weighted by atomic mass is 16.5. The molecule has 124 valence electrons. The van der Waals surface area contributed by atoms with Gasteiger partial charge in [0.05, 0.1) is 12.8 Å². The van der Waals surface area contributed by atoms with Crippen molar-refractivity contribution >= 4 is 23.2 Å². The molecule has 0 fully saturated rings. The van der Waals surface area contributed by atoms with Crippen LogP contribution in [0.2, 0.25) is 0 Å². The lowest BCUT2D eigenvalue weighted by molar-refractivity contribution is -0.117. The SMILES string of the molecule is CCC(=O)Nc1cc2c(cc1OC)C(c1ccncc1)CC(=O)N2. The van der Waals surface area contributed by atoms with Gasteiger partial charge in [-0.1, -0.05) is 6.92 Å². The van der Waals surface area contributed by atoms with Gasteiger partial charge in [-0.2, -0.15) is 0 Å². The van der Waals surface area contributed by atoms with Crippen LogP contribution in [0.3, 0.4) is 0 Å². The van der Waals surface area contributed by atoms with Gasteiger partial charge in [0.25, 0.3) is 0 Å². The predicted molar refractivity (Wildman–Crippen MR) is 91.2 cm³/mol. The summed E-state index contributed by atoms with van der Waals surface area (Å²) >= 11 is 0. The summed E-state index contributed by atoms with van der Waals surface area (Å²) in [6.45, 7) is 1.78. The third-order valence-electron chi connectivity index (χ3n) is 4.11. The van der Waals surface area contributed by atoms with Gasteiger partial charge in [0, 0.05) is 36.8 Å². The summed E-state index contributed by atoms with van der Waals surface area (Å²) in [5.41, 5.74) is 3.24. The van der Waals surface area contributed by atoms with Crippen LogP contribution in [0.25, 0.3) is 0 Å². The molecule has 2 amide bonds. The second-order valence-electron chi connectivity index (χ2n) is 5.63. The molecular formula is C18H19N3O3. The van der Waals surface area contributed by atoms with Crippen LogP contribution >= 0.6 is 0 Å². The van der Waals surface area contributed by atoms with E-state index in [1.165, 1.54) is 0 Å². The average molecular weight is 325 g/mol. The van der Waals surface area contributed by atoms with E-state index in [2.05, 4.69) is 15.6 Å². The number of fused-ring (bicyclic) bond motifs is 1. The molecule has 2 aromatic rings. The highest BCUT2D eigenvalue weighted by Gasteiger charge is 2.28. The summed E-state index contributed by atoms with van der Waals surface area (Å²) in [5.74, 6) is 0.343. The quantitative estimate of drug-likeness (QED) is 0.906. The lowest BCUT2D eigenvalue weighted by Crippen LogP contribution is -2.24. The van der Waals surface area contributed by atoms with Crippen molar-refractivity contribution in [3.63, 3.8) is 0 Å². The summed E-state index contributed by atoms with van der Waals surface area (Å²) in [5, 5.41) is 5.69. The van der Waals surface area contributed by atoms with Crippen molar-refractivity contribution in [3.8, 4) is 5.75 Å². The number of anilines is 2. The summed E-state index contributed by atoms with van der Waals surface area (Å²) in [6.07, 6.45) is 4.16. The molecule has 3 rings (SSSR count). The van der Waals surface area contributed by atoms with Crippen molar-refractivity contribution in [3.05, 3.63) is 47.8 Å². The number of amides is 2. The number of methoxy groups -OCH3 is 1. The first kappa shape index (κ1) is 16.0. The molecule has 0 saturated heterocycles. The lowest BCUT2D eigenvalue weighted by Gasteiger charge is -2.27. The van der Waals surface area contributed by atoms with E-state index in [0.29, 0.717) is 30.0 Å². The van der Waals surface area contributed by atoms with Crippen LogP contribution in [0.1, 0.15) is 36.8 Å². The minimum absolute atomic E-state index is 0.0535. The molecule has 0 radical (unpaired) electrons. The molecule has 1 aliphatic heterocycles. The van der Waals surface area contributed by atoms with E-state index in [9.17, 15) is 9.59 Å². The number of benzene rings is 1. The first-order chi connectivity index (χ1) is 11.6. The molecule has 6 nitrogen and oxygen atoms in total. The minimum atomic E-state index is -0.110. The van der Waals surface area contributed by atoms with Crippen LogP contribution < -0.4 is 15.4 Å². The van der Waals surface area contributed by atoms with E-state index in [4.69, 9.17) is 4.74 Å². The Balaban J connectivity index is 2.07. The number of nitrogens with one attached hydrogen (secondary N) is 2. The van der Waals surface area contributed by atoms with Gasteiger partial charge in [-0.3, -0.25) is 14.6 Å². The normalized spacial score (nSPS) is 16.1. The fraction of sp³-hybridized carbons (Fsp3) is 0.278. The maximum atomic E-state index is 12.1. The van der Waals surface area contributed by atoms with Crippen LogP contribution in [-0.4, -0.2) is 23.9 Å². The van der Waals surface area contributed by atoms with E-state index in [-0.39, 0.29) is 17.7 Å². The molecule has 2 N–H and O–H groups in total. The minimum Gasteiger partial charge on any atom is -0.495 e. The molecule has 0 aliphatic carbocycles. The van der Waals surface area contributed by atoms with Gasteiger partial charge in [-0.15, -0.1) is 0 Å². The molecular weight excluding hydrogens is 306 g/mol. The molecule has 1 atom stereocenters. The van der Waals surface area contributed by atoms with Crippen LogP contribution in [0.15, 0.2) is 36.7 Å². The van der Waals surface area contributed by atoms with E-state index in [1.807, 2.05) is 18.2 Å². The second-order valence-corrected chi connectivity index (χ2v) is 5.63. The Morgan fingerprint density at radius 2 is 2.12 bits per heavy atom. The third-order valence-corrected chi connectivity index (χ3v) is 4.11. The maximum Gasteiger partial charge on any atom is 0.225 e. The van der Waals surface area contributed by atoms with Gasteiger partial charge in [0.15, 0.2) is 0 Å². The molecule has 1 aromatic heterocycles. The average Bonchev–Trinajstić information content (AvgIpc) is 2.61. The number of carbonyl (C=O) groups is 2. The zero-order valence-electron chi connectivity index (χ0n) is 13.6. The highest BCUT2D eigenvalue weighted by Crippen LogP contribution is 2.42. The Morgan fingerprint density at radius 1 is 1.38 bits per heavy atom. The summed E-state index contributed by atoms with van der Waals surface area (Å²) in [6, 6.07) is 7.46. The van der Waals surface area contributed by atoms with Crippen molar-refractivity contribution in [1.82, 2.24) is 4.98 Å². The van der Waals surface area contributed by atoms with Gasteiger partial charge in [-0.05, 0) is 35.4 Å². The van der Waals surface area contributed by atoms with Crippen molar-refractivity contribution in [1.29, 1.82) is 0 Å². The number of hydrogen-bond donors (Lipinski definition) is 2. The fourth-order valence-electron chi connectivity index (χ4n) is 2.89. The number of ether oxygens (including phenoxy) is 1. The van der Waals surface area contributed by atoms with Gasteiger partial charge in [0.1, 0.15) is 5.75 Å². The first-order valence-electron chi connectivity index (χ1n) is 7.84. The molecule has 1 aromatic carbocycles. The van der Waals surface area contributed by atoms with Crippen molar-refractivity contribution in [2.45, 2.75) is 25.7 Å². The predicted octanol–water partition coefficient (Wildman–Crippen LogP) is 2.91. The third kappa shape index (κ3) is 3.08. The lowest BCUT2D eigenvalue weighted by atomic mass is 9.85. The number of nitrogens with zero attached hydrogens (tertiary/aromatic N) is 1. The van der Waals surface area contributed by atoms with Crippen LogP contribution in [0.4, 0.5) is 11.4 Å². The van der Waals surface area contributed by atoms with E-state index >= 15 is 0 Å². The monoisotopic (exact) mass is 325 g/mol. The summed E-state index contributed by atoms with van der Waals surface area (Å²) in [4.78, 5) is 27.8. The zero-order valence-corrected chi connectivity index (χ0v) is 13.6. The number of rotatable bonds is 4. The maximum absolute atomic E-state index is 12.1. The zero-order chi connectivity index (χ0) is 17.1. The number of carbonyl (C=O) groups excluding carboxylic acids is 2. The largest absolute Gasteiger partial charge is 0.495 e. The Labute approximate surface area is 140 Å². The van der Waals surface area contributed by atoms with E-state index in [1.54, 1.807) is 32.5 Å². The Morgan fingerprint density at radius 3 is 2.79 bits per heavy atom. The summed E-state index contributed by atoms with van der Waals surface area (Å²) in [7, 11) is 1.56. The van der Waals surface area contributed by atoms with Gasteiger partial charge >= 0.3 is 0 Å². The fourth-order valence-corrected chi connectivity index (χ4v) is 2.89. The van der Waals surface area contributed by atoms with E-state index in [0.717, 1.165) is 11.1 Å². The second kappa shape index (κ2) is 6.70. The van der Waals surface area contributed by atoms with Crippen LogP contribution in [0.5, 0.6) is 5.75 Å². The Bertz CT molecular complexity index is 775. The topological polar surface area (TPSA) is 80.3 Å². The van der Waals surface area contributed by atoms with Crippen LogP contribution in [-0.2, 0) is 9.59 Å². The molecule has 0 saturated carbocycles. The van der Waals surface area contributed by atoms with Gasteiger partial charge in [0.2, 0.25) is 11.8 Å². The van der Waals surface area contributed by atoms with Gasteiger partial charge < -0.3 is 15.4 Å². The molecule has 24 heavy (non-hydrogen) atoms. The molecule has 2 heterocycles. The molecule has 1 unspecified atom stereocenters. The molecule has 6 heteroatoms. The van der Waals surface area contributed by atoms with Crippen molar-refractivity contribution in [2.75, 3.05) is 17.7 Å². The number of aromatic nitrogens is 1. The van der Waals surface area contributed by atoms with Crippen LogP contribution in [0, 0.1) is 0 Å². The molecule has 0 bridgehead atoms. The first-order valence-corrected chi connectivity index (χ1v) is 7.84. The molecule has 1 aliphatic rings. The van der Waals surface area contributed by atoms with Gasteiger partial charge in [-0.25, -0.2) is 0 Å². The Hall–Kier alpha value is -2.89.